The molecule has 102 valence electrons. The van der Waals surface area contributed by atoms with Gasteiger partial charge in [-0.25, -0.2) is 4.39 Å². The van der Waals surface area contributed by atoms with Crippen LogP contribution in [0.15, 0.2) is 48.5 Å². The fourth-order valence-corrected chi connectivity index (χ4v) is 2.40. The molecule has 2 aromatic rings. The molecule has 3 nitrogen and oxygen atoms in total. The van der Waals surface area contributed by atoms with Crippen LogP contribution in [0.5, 0.6) is 0 Å². The van der Waals surface area contributed by atoms with E-state index in [1.165, 1.54) is 23.3 Å². The third-order valence-electron chi connectivity index (χ3n) is 3.51. The van der Waals surface area contributed by atoms with Gasteiger partial charge in [-0.15, -0.1) is 0 Å². The molecule has 0 unspecified atom stereocenters. The number of rotatable bonds is 2. The first kappa shape index (κ1) is 12.8. The van der Waals surface area contributed by atoms with E-state index in [0.717, 1.165) is 0 Å². The lowest BCUT2D eigenvalue weighted by Crippen LogP contribution is -2.44. The molecule has 3 rings (SSSR count). The van der Waals surface area contributed by atoms with Gasteiger partial charge >= 0.3 is 0 Å². The monoisotopic (exact) mass is 270 g/mol. The predicted octanol–water partition coefficient (Wildman–Crippen LogP) is 2.48. The maximum atomic E-state index is 12.8. The molecule has 0 aliphatic carbocycles. The number of benzene rings is 2. The summed E-state index contributed by atoms with van der Waals surface area (Å²) in [5, 5.41) is 6.02. The Balaban J connectivity index is 1.68. The number of amides is 1. The largest absolute Gasteiger partial charge is 0.325 e. The van der Waals surface area contributed by atoms with Crippen LogP contribution in [0.3, 0.4) is 0 Å². The summed E-state index contributed by atoms with van der Waals surface area (Å²) in [5.74, 6) is -0.404. The average Bonchev–Trinajstić information content (AvgIpc) is 2.49. The molecular weight excluding hydrogens is 255 g/mol. The molecule has 4 heteroatoms. The van der Waals surface area contributed by atoms with Crippen LogP contribution >= 0.6 is 0 Å². The minimum Gasteiger partial charge on any atom is -0.325 e. The van der Waals surface area contributed by atoms with Crippen LogP contribution in [-0.4, -0.2) is 11.9 Å². The van der Waals surface area contributed by atoms with Gasteiger partial charge in [0.15, 0.2) is 0 Å². The number of hydrogen-bond donors (Lipinski definition) is 2. The molecule has 20 heavy (non-hydrogen) atoms. The zero-order chi connectivity index (χ0) is 13.9. The Morgan fingerprint density at radius 3 is 2.55 bits per heavy atom. The lowest BCUT2D eigenvalue weighted by molar-refractivity contribution is -0.118. The lowest BCUT2D eigenvalue weighted by Gasteiger charge is -2.25. The topological polar surface area (TPSA) is 41.1 Å². The minimum atomic E-state index is -0.312. The van der Waals surface area contributed by atoms with E-state index in [-0.39, 0.29) is 17.8 Å². The number of carbonyl (C=O) groups is 1. The Labute approximate surface area is 116 Å². The molecule has 0 saturated heterocycles. The SMILES string of the molecule is O=C(Nc1ccc(F)cc1)[C@@H]1Cc2ccccc2CN1. The maximum Gasteiger partial charge on any atom is 0.241 e. The van der Waals surface area contributed by atoms with Gasteiger partial charge in [-0.05, 0) is 41.8 Å². The number of anilines is 1. The number of nitrogens with one attached hydrogen (secondary N) is 2. The van der Waals surface area contributed by atoms with E-state index in [1.807, 2.05) is 18.2 Å². The molecule has 1 atom stereocenters. The van der Waals surface area contributed by atoms with E-state index in [1.54, 1.807) is 12.1 Å². The van der Waals surface area contributed by atoms with Gasteiger partial charge in [0, 0.05) is 12.2 Å². The Hall–Kier alpha value is -2.20. The fraction of sp³-hybridized carbons (Fsp3) is 0.188. The van der Waals surface area contributed by atoms with Gasteiger partial charge in [0.1, 0.15) is 5.82 Å². The number of halogens is 1. The fourth-order valence-electron chi connectivity index (χ4n) is 2.40. The Bertz CT molecular complexity index is 625. The van der Waals surface area contributed by atoms with E-state index in [9.17, 15) is 9.18 Å². The van der Waals surface area contributed by atoms with Gasteiger partial charge in [-0.2, -0.15) is 0 Å². The van der Waals surface area contributed by atoms with Gasteiger partial charge in [-0.3, -0.25) is 4.79 Å². The highest BCUT2D eigenvalue weighted by Gasteiger charge is 2.23. The Kier molecular flexibility index (Phi) is 3.48. The lowest BCUT2D eigenvalue weighted by atomic mass is 9.95. The molecule has 0 spiro atoms. The van der Waals surface area contributed by atoms with E-state index >= 15 is 0 Å². The summed E-state index contributed by atoms with van der Waals surface area (Å²) in [4.78, 5) is 12.2. The van der Waals surface area contributed by atoms with E-state index < -0.39 is 0 Å². The predicted molar refractivity (Wildman–Crippen MR) is 75.8 cm³/mol. The van der Waals surface area contributed by atoms with Crippen LogP contribution < -0.4 is 10.6 Å². The van der Waals surface area contributed by atoms with Crippen LogP contribution in [0.2, 0.25) is 0 Å². The van der Waals surface area contributed by atoms with Crippen molar-refractivity contribution >= 4 is 11.6 Å². The second kappa shape index (κ2) is 5.43. The standard InChI is InChI=1S/C16H15FN2O/c17-13-5-7-14(8-6-13)19-16(20)15-9-11-3-1-2-4-12(11)10-18-15/h1-8,15,18H,9-10H2,(H,19,20)/t15-/m0/s1. The van der Waals surface area contributed by atoms with Crippen LogP contribution in [-0.2, 0) is 17.8 Å². The van der Waals surface area contributed by atoms with Crippen molar-refractivity contribution in [1.29, 1.82) is 0 Å². The smallest absolute Gasteiger partial charge is 0.241 e. The van der Waals surface area contributed by atoms with Crippen LogP contribution in [0.1, 0.15) is 11.1 Å². The molecule has 1 aliphatic rings. The first-order chi connectivity index (χ1) is 9.72. The van der Waals surface area contributed by atoms with Crippen LogP contribution in [0, 0.1) is 5.82 Å². The number of carbonyl (C=O) groups excluding carboxylic acids is 1. The summed E-state index contributed by atoms with van der Waals surface area (Å²) >= 11 is 0. The highest BCUT2D eigenvalue weighted by atomic mass is 19.1. The molecule has 2 aromatic carbocycles. The maximum absolute atomic E-state index is 12.8. The zero-order valence-electron chi connectivity index (χ0n) is 10.9. The Morgan fingerprint density at radius 2 is 1.80 bits per heavy atom. The van der Waals surface area contributed by atoms with Crippen molar-refractivity contribution in [3.05, 3.63) is 65.5 Å². The molecule has 0 radical (unpaired) electrons. The average molecular weight is 270 g/mol. The van der Waals surface area contributed by atoms with Gasteiger partial charge in [-0.1, -0.05) is 24.3 Å². The molecule has 0 saturated carbocycles. The van der Waals surface area contributed by atoms with Crippen molar-refractivity contribution in [3.63, 3.8) is 0 Å². The van der Waals surface area contributed by atoms with E-state index in [0.29, 0.717) is 18.7 Å². The van der Waals surface area contributed by atoms with E-state index in [4.69, 9.17) is 0 Å². The second-order valence-electron chi connectivity index (χ2n) is 4.90. The summed E-state index contributed by atoms with van der Waals surface area (Å²) in [6.45, 7) is 0.692. The van der Waals surface area contributed by atoms with Gasteiger partial charge < -0.3 is 10.6 Å². The quantitative estimate of drug-likeness (QED) is 0.880. The summed E-state index contributed by atoms with van der Waals surface area (Å²) in [6.07, 6.45) is 0.670. The summed E-state index contributed by atoms with van der Waals surface area (Å²) in [6, 6.07) is 13.6. The van der Waals surface area contributed by atoms with Crippen molar-refractivity contribution in [1.82, 2.24) is 5.32 Å². The summed E-state index contributed by atoms with van der Waals surface area (Å²) < 4.78 is 12.8. The molecular formula is C16H15FN2O. The van der Waals surface area contributed by atoms with Crippen molar-refractivity contribution in [2.45, 2.75) is 19.0 Å². The van der Waals surface area contributed by atoms with Crippen molar-refractivity contribution in [2.24, 2.45) is 0 Å². The Morgan fingerprint density at radius 1 is 1.10 bits per heavy atom. The van der Waals surface area contributed by atoms with Gasteiger partial charge in [0.2, 0.25) is 5.91 Å². The van der Waals surface area contributed by atoms with E-state index in [2.05, 4.69) is 16.7 Å². The normalized spacial score (nSPS) is 17.4. The van der Waals surface area contributed by atoms with Crippen LogP contribution in [0.4, 0.5) is 10.1 Å². The zero-order valence-corrected chi connectivity index (χ0v) is 10.9. The third-order valence-corrected chi connectivity index (χ3v) is 3.51. The first-order valence-corrected chi connectivity index (χ1v) is 6.59. The van der Waals surface area contributed by atoms with Crippen LogP contribution in [0.25, 0.3) is 0 Å². The minimum absolute atomic E-state index is 0.0916. The molecule has 0 aromatic heterocycles. The van der Waals surface area contributed by atoms with Gasteiger partial charge in [0.05, 0.1) is 6.04 Å². The number of hydrogen-bond acceptors (Lipinski definition) is 2. The highest BCUT2D eigenvalue weighted by Crippen LogP contribution is 2.17. The second-order valence-corrected chi connectivity index (χ2v) is 4.90. The molecule has 0 fully saturated rings. The van der Waals surface area contributed by atoms with Crippen molar-refractivity contribution < 1.29 is 9.18 Å². The molecule has 1 aliphatic heterocycles. The highest BCUT2D eigenvalue weighted by molar-refractivity contribution is 5.95. The van der Waals surface area contributed by atoms with Crippen molar-refractivity contribution in [3.8, 4) is 0 Å². The molecule has 1 heterocycles. The first-order valence-electron chi connectivity index (χ1n) is 6.59. The van der Waals surface area contributed by atoms with Gasteiger partial charge in [0.25, 0.3) is 0 Å². The molecule has 0 bridgehead atoms. The van der Waals surface area contributed by atoms with Crippen molar-refractivity contribution in [2.75, 3.05) is 5.32 Å². The summed E-state index contributed by atoms with van der Waals surface area (Å²) in [5.41, 5.74) is 3.04. The number of fused-ring (bicyclic) bond motifs is 1. The third kappa shape index (κ3) is 2.70. The molecule has 1 amide bonds. The molecule has 2 N–H and O–H groups in total. The summed E-state index contributed by atoms with van der Waals surface area (Å²) in [7, 11) is 0.